The number of nitrogens with one attached hydrogen (secondary N) is 1. The molecule has 0 fully saturated rings. The first-order valence-electron chi connectivity index (χ1n) is 8.15. The van der Waals surface area contributed by atoms with Gasteiger partial charge in [-0.2, -0.15) is 0 Å². The molecule has 0 aliphatic rings. The van der Waals surface area contributed by atoms with Crippen molar-refractivity contribution in [3.8, 4) is 0 Å². The minimum Gasteiger partial charge on any atom is -0.356 e. The molecule has 0 saturated heterocycles. The highest BCUT2D eigenvalue weighted by Crippen LogP contribution is 2.16. The van der Waals surface area contributed by atoms with Crippen molar-refractivity contribution in [2.45, 2.75) is 60.8 Å². The molecule has 0 saturated carbocycles. The van der Waals surface area contributed by atoms with Crippen molar-refractivity contribution < 1.29 is 0 Å². The van der Waals surface area contributed by atoms with E-state index in [0.29, 0.717) is 0 Å². The monoisotopic (exact) mass is 299 g/mol. The number of hydrogen-bond acceptors (Lipinski definition) is 1. The standard InChI is InChI=1S/C21H33N/c1-9-12-19(7)21(15-17(5)10-2)22-20(8)18(6)14-11-13-16(3)4/h11,13-15,22H,3,8-10,12H2,1-2,4-7H3/b13-11-,17-15-,18-14+,21-19+. The lowest BCUT2D eigenvalue weighted by Gasteiger charge is -2.15. The molecule has 0 aromatic heterocycles. The van der Waals surface area contributed by atoms with Crippen LogP contribution in [0.1, 0.15) is 60.8 Å². The molecule has 0 radical (unpaired) electrons. The van der Waals surface area contributed by atoms with E-state index in [-0.39, 0.29) is 0 Å². The fourth-order valence-corrected chi connectivity index (χ4v) is 1.84. The van der Waals surface area contributed by atoms with Crippen LogP contribution in [0.5, 0.6) is 0 Å². The third kappa shape index (κ3) is 8.51. The number of hydrogen-bond donors (Lipinski definition) is 1. The van der Waals surface area contributed by atoms with Gasteiger partial charge in [-0.3, -0.25) is 0 Å². The molecule has 0 bridgehead atoms. The van der Waals surface area contributed by atoms with Gasteiger partial charge in [-0.1, -0.05) is 62.8 Å². The third-order valence-electron chi connectivity index (χ3n) is 3.52. The summed E-state index contributed by atoms with van der Waals surface area (Å²) in [7, 11) is 0. The smallest absolute Gasteiger partial charge is 0.0372 e. The third-order valence-corrected chi connectivity index (χ3v) is 3.52. The van der Waals surface area contributed by atoms with Crippen LogP contribution in [0, 0.1) is 0 Å². The van der Waals surface area contributed by atoms with Gasteiger partial charge < -0.3 is 5.32 Å². The second kappa shape index (κ2) is 10.9. The molecule has 0 spiro atoms. The lowest BCUT2D eigenvalue weighted by atomic mass is 10.1. The zero-order valence-corrected chi connectivity index (χ0v) is 15.3. The predicted octanol–water partition coefficient (Wildman–Crippen LogP) is 6.60. The van der Waals surface area contributed by atoms with Crippen LogP contribution in [0.25, 0.3) is 0 Å². The van der Waals surface area contributed by atoms with Gasteiger partial charge in [0.25, 0.3) is 0 Å². The Bertz CT molecular complexity index is 510. The Hall–Kier alpha value is -1.76. The minimum absolute atomic E-state index is 0.942. The highest BCUT2D eigenvalue weighted by atomic mass is 14.9. The average molecular weight is 300 g/mol. The van der Waals surface area contributed by atoms with E-state index in [1.54, 1.807) is 0 Å². The maximum Gasteiger partial charge on any atom is 0.0372 e. The van der Waals surface area contributed by atoms with Gasteiger partial charge in [0, 0.05) is 11.4 Å². The number of rotatable bonds is 9. The fraction of sp³-hybridized carbons (Fsp3) is 0.429. The zero-order chi connectivity index (χ0) is 17.1. The van der Waals surface area contributed by atoms with Gasteiger partial charge in [-0.25, -0.2) is 0 Å². The summed E-state index contributed by atoms with van der Waals surface area (Å²) in [6.07, 6.45) is 11.6. The molecule has 0 rings (SSSR count). The molecule has 1 heteroatoms. The topological polar surface area (TPSA) is 12.0 Å². The molecule has 122 valence electrons. The molecule has 22 heavy (non-hydrogen) atoms. The van der Waals surface area contributed by atoms with Crippen molar-refractivity contribution in [2.24, 2.45) is 0 Å². The van der Waals surface area contributed by atoms with Crippen LogP contribution in [0.15, 0.2) is 71.1 Å². The Balaban J connectivity index is 5.20. The highest BCUT2D eigenvalue weighted by molar-refractivity contribution is 5.37. The van der Waals surface area contributed by atoms with Gasteiger partial charge in [-0.15, -0.1) is 0 Å². The predicted molar refractivity (Wildman–Crippen MR) is 102 cm³/mol. The van der Waals surface area contributed by atoms with Crippen LogP contribution in [-0.4, -0.2) is 0 Å². The normalized spacial score (nSPS) is 14.1. The Morgan fingerprint density at radius 2 is 1.68 bits per heavy atom. The lowest BCUT2D eigenvalue weighted by molar-refractivity contribution is 0.864. The SMILES string of the molecule is C=C(C)/C=C\C=C(/C)C(=C)NC(/C=C(/C)CC)=C(\C)CCC. The molecular formula is C21H33N. The quantitative estimate of drug-likeness (QED) is 0.473. The number of allylic oxidation sites excluding steroid dienone is 8. The summed E-state index contributed by atoms with van der Waals surface area (Å²) < 4.78 is 0. The second-order valence-corrected chi connectivity index (χ2v) is 5.95. The van der Waals surface area contributed by atoms with E-state index in [4.69, 9.17) is 0 Å². The van der Waals surface area contributed by atoms with E-state index in [2.05, 4.69) is 65.2 Å². The van der Waals surface area contributed by atoms with Gasteiger partial charge in [0.2, 0.25) is 0 Å². The first-order valence-corrected chi connectivity index (χ1v) is 8.15. The van der Waals surface area contributed by atoms with Crippen molar-refractivity contribution in [1.29, 1.82) is 0 Å². The Morgan fingerprint density at radius 3 is 2.18 bits per heavy atom. The van der Waals surface area contributed by atoms with Gasteiger partial charge in [0.15, 0.2) is 0 Å². The van der Waals surface area contributed by atoms with Crippen molar-refractivity contribution in [3.63, 3.8) is 0 Å². The Labute approximate surface area is 137 Å². The molecule has 0 unspecified atom stereocenters. The molecule has 0 amide bonds. The van der Waals surface area contributed by atoms with E-state index < -0.39 is 0 Å². The highest BCUT2D eigenvalue weighted by Gasteiger charge is 2.03. The fourth-order valence-electron chi connectivity index (χ4n) is 1.84. The van der Waals surface area contributed by atoms with Gasteiger partial charge in [0.1, 0.15) is 0 Å². The summed E-state index contributed by atoms with van der Waals surface area (Å²) in [4.78, 5) is 0. The van der Waals surface area contributed by atoms with Gasteiger partial charge in [-0.05, 0) is 57.8 Å². The first-order chi connectivity index (χ1) is 10.3. The summed E-state index contributed by atoms with van der Waals surface area (Å²) in [5.41, 5.74) is 7.04. The summed E-state index contributed by atoms with van der Waals surface area (Å²) in [5.74, 6) is 0. The summed E-state index contributed by atoms with van der Waals surface area (Å²) in [6, 6.07) is 0. The summed E-state index contributed by atoms with van der Waals surface area (Å²) >= 11 is 0. The van der Waals surface area contributed by atoms with E-state index in [1.165, 1.54) is 16.8 Å². The molecule has 0 aromatic carbocycles. The molecule has 1 N–H and O–H groups in total. The van der Waals surface area contributed by atoms with Crippen LogP contribution < -0.4 is 5.32 Å². The van der Waals surface area contributed by atoms with Crippen LogP contribution in [0.4, 0.5) is 0 Å². The van der Waals surface area contributed by atoms with Gasteiger partial charge in [0.05, 0.1) is 0 Å². The van der Waals surface area contributed by atoms with E-state index in [0.717, 1.165) is 36.1 Å². The van der Waals surface area contributed by atoms with E-state index in [1.807, 2.05) is 19.1 Å². The van der Waals surface area contributed by atoms with E-state index in [9.17, 15) is 0 Å². The van der Waals surface area contributed by atoms with Gasteiger partial charge >= 0.3 is 0 Å². The Morgan fingerprint density at radius 1 is 1.05 bits per heavy atom. The Kier molecular flexibility index (Phi) is 10.0. The molecular weight excluding hydrogens is 266 g/mol. The van der Waals surface area contributed by atoms with Crippen LogP contribution in [-0.2, 0) is 0 Å². The van der Waals surface area contributed by atoms with Crippen molar-refractivity contribution in [1.82, 2.24) is 5.32 Å². The first kappa shape index (κ1) is 20.2. The van der Waals surface area contributed by atoms with Crippen LogP contribution >= 0.6 is 0 Å². The van der Waals surface area contributed by atoms with Crippen molar-refractivity contribution in [3.05, 3.63) is 71.1 Å². The molecule has 0 aliphatic heterocycles. The molecule has 0 atom stereocenters. The van der Waals surface area contributed by atoms with Crippen LogP contribution in [0.2, 0.25) is 0 Å². The van der Waals surface area contributed by atoms with Crippen molar-refractivity contribution in [2.75, 3.05) is 0 Å². The lowest BCUT2D eigenvalue weighted by Crippen LogP contribution is -2.13. The van der Waals surface area contributed by atoms with Crippen LogP contribution in [0.3, 0.4) is 0 Å². The second-order valence-electron chi connectivity index (χ2n) is 5.95. The summed E-state index contributed by atoms with van der Waals surface area (Å²) in [5, 5.41) is 3.49. The summed E-state index contributed by atoms with van der Waals surface area (Å²) in [6.45, 7) is 20.8. The molecule has 0 heterocycles. The van der Waals surface area contributed by atoms with Crippen molar-refractivity contribution >= 4 is 0 Å². The molecule has 1 nitrogen and oxygen atoms in total. The van der Waals surface area contributed by atoms with E-state index >= 15 is 0 Å². The minimum atomic E-state index is 0.942. The maximum atomic E-state index is 4.17. The maximum absolute atomic E-state index is 4.17. The zero-order valence-electron chi connectivity index (χ0n) is 15.3. The largest absolute Gasteiger partial charge is 0.356 e. The molecule has 0 aliphatic carbocycles. The average Bonchev–Trinajstić information content (AvgIpc) is 2.45. The molecule has 0 aromatic rings.